The summed E-state index contributed by atoms with van der Waals surface area (Å²) < 4.78 is 5.09. The lowest BCUT2D eigenvalue weighted by Gasteiger charge is -1.95. The van der Waals surface area contributed by atoms with Crippen LogP contribution in [0.5, 0.6) is 0 Å². The molecule has 3 N–H and O–H groups in total. The van der Waals surface area contributed by atoms with Crippen molar-refractivity contribution in [1.29, 1.82) is 0 Å². The number of H-pyrrole nitrogens is 1. The summed E-state index contributed by atoms with van der Waals surface area (Å²) in [6, 6.07) is 9.75. The molecule has 0 saturated carbocycles. The molecule has 0 aliphatic carbocycles. The minimum atomic E-state index is 0.400. The molecular weight excluding hydrogens is 190 g/mol. The molecule has 15 heavy (non-hydrogen) atoms. The van der Waals surface area contributed by atoms with Gasteiger partial charge in [0.2, 0.25) is 0 Å². The lowest BCUT2D eigenvalue weighted by molar-refractivity contribution is 0.436. The second kappa shape index (κ2) is 2.88. The van der Waals surface area contributed by atoms with Crippen molar-refractivity contribution in [2.75, 3.05) is 5.73 Å². The van der Waals surface area contributed by atoms with E-state index in [-0.39, 0.29) is 0 Å². The second-order valence-electron chi connectivity index (χ2n) is 3.40. The number of fused-ring (bicyclic) bond motifs is 1. The van der Waals surface area contributed by atoms with E-state index in [1.165, 1.54) is 5.39 Å². The third-order valence-corrected chi connectivity index (χ3v) is 2.37. The Labute approximate surface area is 85.7 Å². The van der Waals surface area contributed by atoms with Gasteiger partial charge >= 0.3 is 0 Å². The molecule has 3 aromatic rings. The Hall–Kier alpha value is -2.23. The van der Waals surface area contributed by atoms with E-state index >= 15 is 0 Å². The molecule has 0 bridgehead atoms. The molecule has 3 rings (SSSR count). The smallest absolute Gasteiger partial charge is 0.169 e. The van der Waals surface area contributed by atoms with Gasteiger partial charge in [-0.05, 0) is 17.5 Å². The largest absolute Gasteiger partial charge is 0.381 e. The van der Waals surface area contributed by atoms with Crippen LogP contribution in [0.2, 0.25) is 0 Å². The van der Waals surface area contributed by atoms with Crippen molar-refractivity contribution >= 4 is 16.7 Å². The van der Waals surface area contributed by atoms with Crippen LogP contribution in [0.3, 0.4) is 0 Å². The van der Waals surface area contributed by atoms with Crippen LogP contribution < -0.4 is 5.73 Å². The number of benzene rings is 1. The van der Waals surface area contributed by atoms with Crippen LogP contribution in [0.15, 0.2) is 41.1 Å². The highest BCUT2D eigenvalue weighted by atomic mass is 16.5. The summed E-state index contributed by atoms with van der Waals surface area (Å²) in [5.74, 6) is 1.08. The van der Waals surface area contributed by atoms with Crippen molar-refractivity contribution in [2.45, 2.75) is 0 Å². The summed E-state index contributed by atoms with van der Waals surface area (Å²) in [5.41, 5.74) is 7.53. The van der Waals surface area contributed by atoms with Crippen molar-refractivity contribution in [1.82, 2.24) is 10.1 Å². The predicted molar refractivity (Wildman–Crippen MR) is 58.2 cm³/mol. The number of hydrogen-bond donors (Lipinski definition) is 2. The van der Waals surface area contributed by atoms with E-state index in [0.29, 0.717) is 11.6 Å². The van der Waals surface area contributed by atoms with Crippen molar-refractivity contribution in [3.8, 4) is 11.3 Å². The van der Waals surface area contributed by atoms with Gasteiger partial charge < -0.3 is 15.2 Å². The quantitative estimate of drug-likeness (QED) is 0.632. The molecule has 2 aromatic heterocycles. The Bertz CT molecular complexity index is 609. The third-order valence-electron chi connectivity index (χ3n) is 2.37. The topological polar surface area (TPSA) is 67.8 Å². The maximum atomic E-state index is 5.50. The molecule has 0 radical (unpaired) electrons. The number of nitrogens with one attached hydrogen (secondary N) is 1. The van der Waals surface area contributed by atoms with Gasteiger partial charge in [0.05, 0.1) is 0 Å². The summed E-state index contributed by atoms with van der Waals surface area (Å²) >= 11 is 0. The Morgan fingerprint density at radius 3 is 2.93 bits per heavy atom. The van der Waals surface area contributed by atoms with Crippen LogP contribution in [-0.2, 0) is 0 Å². The Balaban J connectivity index is 2.18. The number of aromatic amines is 1. The fraction of sp³-hybridized carbons (Fsp3) is 0. The Kier molecular flexibility index (Phi) is 1.56. The number of anilines is 1. The van der Waals surface area contributed by atoms with Gasteiger partial charge in [0, 0.05) is 23.3 Å². The zero-order valence-electron chi connectivity index (χ0n) is 7.90. The lowest BCUT2D eigenvalue weighted by Crippen LogP contribution is -1.80. The number of aromatic nitrogens is 2. The molecule has 1 aromatic carbocycles. The second-order valence-corrected chi connectivity index (χ2v) is 3.40. The van der Waals surface area contributed by atoms with Gasteiger partial charge in [-0.3, -0.25) is 0 Å². The molecule has 2 heterocycles. The monoisotopic (exact) mass is 199 g/mol. The maximum absolute atomic E-state index is 5.50. The normalized spacial score (nSPS) is 10.9. The van der Waals surface area contributed by atoms with E-state index < -0.39 is 0 Å². The summed E-state index contributed by atoms with van der Waals surface area (Å²) in [6.45, 7) is 0. The Morgan fingerprint density at radius 2 is 2.13 bits per heavy atom. The van der Waals surface area contributed by atoms with Crippen LogP contribution in [-0.4, -0.2) is 10.1 Å². The molecule has 4 heteroatoms. The summed E-state index contributed by atoms with van der Waals surface area (Å²) in [4.78, 5) is 3.14. The van der Waals surface area contributed by atoms with Gasteiger partial charge in [-0.15, -0.1) is 0 Å². The molecule has 0 amide bonds. The molecule has 0 saturated heterocycles. The minimum Gasteiger partial charge on any atom is -0.381 e. The van der Waals surface area contributed by atoms with E-state index in [2.05, 4.69) is 10.1 Å². The van der Waals surface area contributed by atoms with Crippen LogP contribution in [0.4, 0.5) is 5.82 Å². The molecule has 4 nitrogen and oxygen atoms in total. The van der Waals surface area contributed by atoms with Gasteiger partial charge in [0.25, 0.3) is 0 Å². The third kappa shape index (κ3) is 1.27. The van der Waals surface area contributed by atoms with Gasteiger partial charge in [-0.25, -0.2) is 0 Å². The van der Waals surface area contributed by atoms with Crippen molar-refractivity contribution in [3.05, 3.63) is 36.5 Å². The van der Waals surface area contributed by atoms with E-state index in [9.17, 15) is 0 Å². The highest BCUT2D eigenvalue weighted by Gasteiger charge is 2.05. The number of nitrogens with two attached hydrogens (primary N) is 1. The maximum Gasteiger partial charge on any atom is 0.169 e. The lowest BCUT2D eigenvalue weighted by atomic mass is 10.1. The first-order chi connectivity index (χ1) is 7.33. The predicted octanol–water partition coefficient (Wildman–Crippen LogP) is 2.41. The first-order valence-corrected chi connectivity index (χ1v) is 4.63. The summed E-state index contributed by atoms with van der Waals surface area (Å²) in [7, 11) is 0. The standard InChI is InChI=1S/C11H9N3O/c12-11-6-10(15-14-11)8-2-1-7-3-4-13-9(7)5-8/h1-6,13H,(H2,12,14). The average molecular weight is 199 g/mol. The number of nitrogens with zero attached hydrogens (tertiary/aromatic N) is 1. The molecule has 74 valence electrons. The van der Waals surface area contributed by atoms with E-state index in [1.807, 2.05) is 30.5 Å². The summed E-state index contributed by atoms with van der Waals surface area (Å²) in [5, 5.41) is 4.83. The fourth-order valence-electron chi connectivity index (χ4n) is 1.63. The van der Waals surface area contributed by atoms with Crippen molar-refractivity contribution in [2.24, 2.45) is 0 Å². The SMILES string of the molecule is Nc1cc(-c2ccc3cc[nH]c3c2)on1. The van der Waals surface area contributed by atoms with Crippen molar-refractivity contribution in [3.63, 3.8) is 0 Å². The number of rotatable bonds is 1. The molecule has 0 spiro atoms. The number of hydrogen-bond acceptors (Lipinski definition) is 3. The summed E-state index contributed by atoms with van der Waals surface area (Å²) in [6.07, 6.45) is 1.91. The zero-order chi connectivity index (χ0) is 10.3. The first-order valence-electron chi connectivity index (χ1n) is 4.63. The number of nitrogen functional groups attached to an aromatic ring is 1. The van der Waals surface area contributed by atoms with Crippen molar-refractivity contribution < 1.29 is 4.52 Å². The zero-order valence-corrected chi connectivity index (χ0v) is 7.90. The molecule has 0 aliphatic rings. The molecular formula is C11H9N3O. The van der Waals surface area contributed by atoms with Gasteiger partial charge in [-0.1, -0.05) is 17.3 Å². The van der Waals surface area contributed by atoms with Gasteiger partial charge in [0.1, 0.15) is 0 Å². The fourth-order valence-corrected chi connectivity index (χ4v) is 1.63. The highest BCUT2D eigenvalue weighted by molar-refractivity contribution is 5.84. The molecule has 0 unspecified atom stereocenters. The average Bonchev–Trinajstić information content (AvgIpc) is 2.84. The molecule has 0 fully saturated rings. The first kappa shape index (κ1) is 8.11. The van der Waals surface area contributed by atoms with E-state index in [0.717, 1.165) is 11.1 Å². The minimum absolute atomic E-state index is 0.400. The molecule has 0 aliphatic heterocycles. The van der Waals surface area contributed by atoms with Crippen LogP contribution in [0, 0.1) is 0 Å². The van der Waals surface area contributed by atoms with Crippen LogP contribution >= 0.6 is 0 Å². The van der Waals surface area contributed by atoms with Gasteiger partial charge in [0.15, 0.2) is 11.6 Å². The van der Waals surface area contributed by atoms with Gasteiger partial charge in [-0.2, -0.15) is 0 Å². The van der Waals surface area contributed by atoms with E-state index in [1.54, 1.807) is 6.07 Å². The van der Waals surface area contributed by atoms with Crippen LogP contribution in [0.25, 0.3) is 22.2 Å². The van der Waals surface area contributed by atoms with Crippen LogP contribution in [0.1, 0.15) is 0 Å². The highest BCUT2D eigenvalue weighted by Crippen LogP contribution is 2.24. The Morgan fingerprint density at radius 1 is 1.20 bits per heavy atom. The molecule has 0 atom stereocenters. The van der Waals surface area contributed by atoms with E-state index in [4.69, 9.17) is 10.3 Å².